The van der Waals surface area contributed by atoms with E-state index in [0.717, 1.165) is 29.8 Å². The van der Waals surface area contributed by atoms with Gasteiger partial charge in [-0.1, -0.05) is 0 Å². The molecule has 0 spiro atoms. The largest absolute Gasteiger partial charge is 0.550 e. The molecule has 0 fully saturated rings. The predicted molar refractivity (Wildman–Crippen MR) is 71.6 cm³/mol. The van der Waals surface area contributed by atoms with Crippen LogP contribution in [0.5, 0.6) is 11.5 Å². The van der Waals surface area contributed by atoms with Gasteiger partial charge in [0.25, 0.3) is 0 Å². The summed E-state index contributed by atoms with van der Waals surface area (Å²) in [7, 11) is 0. The number of carboxylic acids is 1. The van der Waals surface area contributed by atoms with E-state index in [4.69, 9.17) is 9.47 Å². The van der Waals surface area contributed by atoms with Crippen LogP contribution in [0.3, 0.4) is 0 Å². The van der Waals surface area contributed by atoms with Crippen molar-refractivity contribution in [3.05, 3.63) is 23.3 Å². The summed E-state index contributed by atoms with van der Waals surface area (Å²) >= 11 is 0. The number of aliphatic carboxylic acids is 1. The van der Waals surface area contributed by atoms with Crippen LogP contribution in [0.1, 0.15) is 37.4 Å². The first kappa shape index (κ1) is 14.7. The van der Waals surface area contributed by atoms with Crippen molar-refractivity contribution in [3.63, 3.8) is 0 Å². The first-order valence-electron chi connectivity index (χ1n) is 7.11. The van der Waals surface area contributed by atoms with Crippen molar-refractivity contribution in [2.45, 2.75) is 32.7 Å². The van der Waals surface area contributed by atoms with E-state index in [0.29, 0.717) is 19.0 Å². The lowest BCUT2D eigenvalue weighted by molar-refractivity contribution is -0.698. The summed E-state index contributed by atoms with van der Waals surface area (Å²) in [6, 6.07) is 3.81. The summed E-state index contributed by atoms with van der Waals surface area (Å²) in [5, 5.41) is 12.9. The van der Waals surface area contributed by atoms with Gasteiger partial charge >= 0.3 is 0 Å². The SMILES string of the molecule is CCOc1cc2c(cc1OCC)[C@H](CC(=O)[O-])[NH2+]CC2. The second kappa shape index (κ2) is 6.61. The fourth-order valence-electron chi connectivity index (χ4n) is 2.66. The standard InChI is InChI=1S/C15H21NO4/c1-3-19-13-7-10-5-6-16-12(9-15(17)18)11(10)8-14(13)20-4-2/h7-8,12,16H,3-6,9H2,1-2H3,(H,17,18)/t12-/m0/s1. The number of hydrogen-bond donors (Lipinski definition) is 1. The normalized spacial score (nSPS) is 17.4. The Kier molecular flexibility index (Phi) is 4.84. The van der Waals surface area contributed by atoms with E-state index in [9.17, 15) is 9.90 Å². The third kappa shape index (κ3) is 3.22. The molecule has 0 unspecified atom stereocenters. The van der Waals surface area contributed by atoms with Crippen LogP contribution < -0.4 is 19.9 Å². The fourth-order valence-corrected chi connectivity index (χ4v) is 2.66. The molecule has 1 aromatic rings. The van der Waals surface area contributed by atoms with Gasteiger partial charge in [-0.25, -0.2) is 0 Å². The lowest BCUT2D eigenvalue weighted by Crippen LogP contribution is -2.87. The Morgan fingerprint density at radius 1 is 1.30 bits per heavy atom. The number of fused-ring (bicyclic) bond motifs is 1. The monoisotopic (exact) mass is 279 g/mol. The average molecular weight is 279 g/mol. The van der Waals surface area contributed by atoms with E-state index in [2.05, 4.69) is 0 Å². The van der Waals surface area contributed by atoms with Crippen molar-refractivity contribution in [3.8, 4) is 11.5 Å². The van der Waals surface area contributed by atoms with Gasteiger partial charge in [0.1, 0.15) is 6.04 Å². The number of carbonyl (C=O) groups is 1. The van der Waals surface area contributed by atoms with E-state index < -0.39 is 5.97 Å². The highest BCUT2D eigenvalue weighted by Crippen LogP contribution is 2.34. The maximum absolute atomic E-state index is 10.9. The second-order valence-electron chi connectivity index (χ2n) is 4.82. The molecule has 0 saturated carbocycles. The van der Waals surface area contributed by atoms with Gasteiger partial charge in [-0.05, 0) is 31.5 Å². The van der Waals surface area contributed by atoms with Crippen molar-refractivity contribution in [1.29, 1.82) is 0 Å². The van der Waals surface area contributed by atoms with E-state index >= 15 is 0 Å². The van der Waals surface area contributed by atoms with Gasteiger partial charge in [0.15, 0.2) is 11.5 Å². The number of carbonyl (C=O) groups excluding carboxylic acids is 1. The molecule has 1 aliphatic heterocycles. The smallest absolute Gasteiger partial charge is 0.161 e. The van der Waals surface area contributed by atoms with Crippen LogP contribution in [-0.2, 0) is 11.2 Å². The van der Waals surface area contributed by atoms with Crippen molar-refractivity contribution >= 4 is 5.97 Å². The Labute approximate surface area is 118 Å². The molecule has 0 aromatic heterocycles. The van der Waals surface area contributed by atoms with Crippen molar-refractivity contribution in [2.75, 3.05) is 19.8 Å². The minimum absolute atomic E-state index is 0.0204. The minimum atomic E-state index is -1.02. The number of benzene rings is 1. The molecule has 1 aliphatic rings. The minimum Gasteiger partial charge on any atom is -0.550 e. The van der Waals surface area contributed by atoms with Crippen molar-refractivity contribution in [1.82, 2.24) is 0 Å². The molecule has 2 rings (SSSR count). The molecule has 0 aliphatic carbocycles. The summed E-state index contributed by atoms with van der Waals surface area (Å²) in [4.78, 5) is 10.9. The third-order valence-corrected chi connectivity index (χ3v) is 3.46. The van der Waals surface area contributed by atoms with Gasteiger partial charge in [0.2, 0.25) is 0 Å². The first-order valence-corrected chi connectivity index (χ1v) is 7.11. The zero-order valence-electron chi connectivity index (χ0n) is 12.0. The Bertz CT molecular complexity index is 487. The van der Waals surface area contributed by atoms with Crippen LogP contribution >= 0.6 is 0 Å². The molecular weight excluding hydrogens is 258 g/mol. The van der Waals surface area contributed by atoms with Gasteiger partial charge in [-0.2, -0.15) is 0 Å². The molecule has 0 radical (unpaired) electrons. The number of quaternary nitrogens is 1. The lowest BCUT2D eigenvalue weighted by Gasteiger charge is -2.26. The first-order chi connectivity index (χ1) is 9.65. The summed E-state index contributed by atoms with van der Waals surface area (Å²) < 4.78 is 11.2. The summed E-state index contributed by atoms with van der Waals surface area (Å²) in [5.41, 5.74) is 2.16. The number of hydrogen-bond acceptors (Lipinski definition) is 4. The molecule has 1 aromatic carbocycles. The van der Waals surface area contributed by atoms with Crippen LogP contribution in [0.15, 0.2) is 12.1 Å². The number of rotatable bonds is 6. The Balaban J connectivity index is 2.37. The van der Waals surface area contributed by atoms with E-state index in [-0.39, 0.29) is 12.5 Å². The van der Waals surface area contributed by atoms with Crippen LogP contribution in [-0.4, -0.2) is 25.7 Å². The molecule has 5 nitrogen and oxygen atoms in total. The Morgan fingerprint density at radius 3 is 2.55 bits per heavy atom. The molecule has 110 valence electrons. The molecule has 2 N–H and O–H groups in total. The second-order valence-corrected chi connectivity index (χ2v) is 4.82. The van der Waals surface area contributed by atoms with Crippen LogP contribution in [0.4, 0.5) is 0 Å². The van der Waals surface area contributed by atoms with Crippen molar-refractivity contribution in [2.24, 2.45) is 0 Å². The van der Waals surface area contributed by atoms with Crippen LogP contribution in [0, 0.1) is 0 Å². The Morgan fingerprint density at radius 2 is 1.95 bits per heavy atom. The lowest BCUT2D eigenvalue weighted by atomic mass is 9.92. The number of carboxylic acid groups (broad SMARTS) is 1. The van der Waals surface area contributed by atoms with Gasteiger partial charge in [-0.3, -0.25) is 0 Å². The van der Waals surface area contributed by atoms with Gasteiger partial charge in [0, 0.05) is 24.4 Å². The van der Waals surface area contributed by atoms with Crippen molar-refractivity contribution < 1.29 is 24.7 Å². The van der Waals surface area contributed by atoms with E-state index in [1.54, 1.807) is 0 Å². The Hall–Kier alpha value is -1.75. The predicted octanol–water partition coefficient (Wildman–Crippen LogP) is -0.215. The molecule has 20 heavy (non-hydrogen) atoms. The molecule has 0 saturated heterocycles. The van der Waals surface area contributed by atoms with Crippen LogP contribution in [0.2, 0.25) is 0 Å². The fraction of sp³-hybridized carbons (Fsp3) is 0.533. The highest BCUT2D eigenvalue weighted by Gasteiger charge is 2.25. The summed E-state index contributed by atoms with van der Waals surface area (Å²) in [5.74, 6) is 0.403. The van der Waals surface area contributed by atoms with E-state index in [1.165, 1.54) is 0 Å². The molecule has 1 heterocycles. The van der Waals surface area contributed by atoms with Gasteiger partial charge < -0.3 is 24.7 Å². The molecular formula is C15H21NO4. The van der Waals surface area contributed by atoms with E-state index in [1.807, 2.05) is 31.3 Å². The molecule has 5 heteroatoms. The molecule has 1 atom stereocenters. The highest BCUT2D eigenvalue weighted by molar-refractivity contribution is 5.65. The molecule has 0 amide bonds. The number of ether oxygens (including phenoxy) is 2. The maximum atomic E-state index is 10.9. The average Bonchev–Trinajstić information content (AvgIpc) is 2.40. The zero-order chi connectivity index (χ0) is 14.5. The van der Waals surface area contributed by atoms with Gasteiger partial charge in [-0.15, -0.1) is 0 Å². The topological polar surface area (TPSA) is 75.2 Å². The summed E-state index contributed by atoms with van der Waals surface area (Å²) in [6.07, 6.45) is 0.928. The van der Waals surface area contributed by atoms with Crippen LogP contribution in [0.25, 0.3) is 0 Å². The summed E-state index contributed by atoms with van der Waals surface area (Å²) in [6.45, 7) is 5.85. The third-order valence-electron chi connectivity index (χ3n) is 3.46. The highest BCUT2D eigenvalue weighted by atomic mass is 16.5. The molecule has 0 bridgehead atoms. The van der Waals surface area contributed by atoms with Gasteiger partial charge in [0.05, 0.1) is 19.8 Å². The zero-order valence-corrected chi connectivity index (χ0v) is 12.0. The number of nitrogens with two attached hydrogens (primary N) is 1. The quantitative estimate of drug-likeness (QED) is 0.781. The maximum Gasteiger partial charge on any atom is 0.161 e.